The molecule has 0 aliphatic carbocycles. The van der Waals surface area contributed by atoms with Crippen LogP contribution in [0.1, 0.15) is 33.2 Å². The molecule has 0 aliphatic heterocycles. The van der Waals surface area contributed by atoms with Crippen LogP contribution < -0.4 is 10.6 Å². The summed E-state index contributed by atoms with van der Waals surface area (Å²) in [5.74, 6) is -1.12. The number of thioether (sulfide) groups is 1. The largest absolute Gasteiger partial charge is 0.416 e. The number of anilines is 2. The molecule has 0 unspecified atom stereocenters. The number of hydrogen-bond acceptors (Lipinski definition) is 7. The van der Waals surface area contributed by atoms with Gasteiger partial charge in [0, 0.05) is 16.8 Å². The van der Waals surface area contributed by atoms with Crippen LogP contribution in [0.25, 0.3) is 0 Å². The van der Waals surface area contributed by atoms with Crippen molar-refractivity contribution in [2.75, 3.05) is 16.4 Å². The van der Waals surface area contributed by atoms with E-state index in [4.69, 9.17) is 0 Å². The number of carbonyl (C=O) groups excluding carboxylic acids is 3. The molecule has 0 spiro atoms. The van der Waals surface area contributed by atoms with Crippen LogP contribution >= 0.6 is 23.1 Å². The zero-order valence-corrected chi connectivity index (χ0v) is 18.0. The molecule has 12 heteroatoms. The highest BCUT2D eigenvalue weighted by Crippen LogP contribution is 2.30. The second kappa shape index (κ2) is 9.92. The van der Waals surface area contributed by atoms with E-state index in [1.807, 2.05) is 0 Å². The zero-order chi connectivity index (χ0) is 23.3. The zero-order valence-electron chi connectivity index (χ0n) is 16.4. The molecule has 0 fully saturated rings. The van der Waals surface area contributed by atoms with Crippen molar-refractivity contribution in [2.24, 2.45) is 0 Å². The highest BCUT2D eigenvalue weighted by atomic mass is 32.2. The third-order valence-electron chi connectivity index (χ3n) is 3.98. The lowest BCUT2D eigenvalue weighted by Gasteiger charge is -2.08. The Hall–Kier alpha value is -3.25. The number of hydrogen-bond donors (Lipinski definition) is 2. The van der Waals surface area contributed by atoms with Crippen LogP contribution in [0.5, 0.6) is 0 Å². The molecule has 32 heavy (non-hydrogen) atoms. The van der Waals surface area contributed by atoms with E-state index in [1.165, 1.54) is 13.0 Å². The van der Waals surface area contributed by atoms with E-state index in [9.17, 15) is 27.6 Å². The molecule has 2 aromatic carbocycles. The summed E-state index contributed by atoms with van der Waals surface area (Å²) >= 11 is 2.07. The SMILES string of the molecule is CC(=O)c1ccc(NC(=O)CSc2nnc(NC(=O)c3cccc(C(F)(F)F)c3)s2)cc1. The molecule has 0 saturated carbocycles. The number of rotatable bonds is 7. The van der Waals surface area contributed by atoms with Crippen molar-refractivity contribution in [3.05, 3.63) is 65.2 Å². The third kappa shape index (κ3) is 6.37. The highest BCUT2D eigenvalue weighted by Gasteiger charge is 2.31. The average Bonchev–Trinajstić information content (AvgIpc) is 3.19. The molecule has 0 aliphatic rings. The van der Waals surface area contributed by atoms with Gasteiger partial charge in [0.25, 0.3) is 5.91 Å². The fraction of sp³-hybridized carbons (Fsp3) is 0.150. The van der Waals surface area contributed by atoms with Crippen molar-refractivity contribution in [3.8, 4) is 0 Å². The summed E-state index contributed by atoms with van der Waals surface area (Å²) in [4.78, 5) is 35.6. The van der Waals surface area contributed by atoms with Crippen molar-refractivity contribution < 1.29 is 27.6 Å². The van der Waals surface area contributed by atoms with E-state index >= 15 is 0 Å². The minimum atomic E-state index is -4.56. The normalized spacial score (nSPS) is 11.1. The van der Waals surface area contributed by atoms with Crippen LogP contribution in [0.4, 0.5) is 24.0 Å². The van der Waals surface area contributed by atoms with Crippen molar-refractivity contribution in [2.45, 2.75) is 17.4 Å². The van der Waals surface area contributed by atoms with Gasteiger partial charge in [-0.05, 0) is 49.4 Å². The van der Waals surface area contributed by atoms with E-state index in [-0.39, 0.29) is 28.1 Å². The number of halogens is 3. The Morgan fingerprint density at radius 2 is 1.72 bits per heavy atom. The van der Waals surface area contributed by atoms with Crippen LogP contribution in [-0.2, 0) is 11.0 Å². The van der Waals surface area contributed by atoms with Crippen LogP contribution in [0.3, 0.4) is 0 Å². The molecule has 0 radical (unpaired) electrons. The summed E-state index contributed by atoms with van der Waals surface area (Å²) < 4.78 is 38.8. The summed E-state index contributed by atoms with van der Waals surface area (Å²) in [6.45, 7) is 1.45. The van der Waals surface area contributed by atoms with Gasteiger partial charge in [0.1, 0.15) is 0 Å². The van der Waals surface area contributed by atoms with Gasteiger partial charge in [-0.25, -0.2) is 0 Å². The first-order chi connectivity index (χ1) is 15.1. The third-order valence-corrected chi connectivity index (χ3v) is 5.95. The lowest BCUT2D eigenvalue weighted by Crippen LogP contribution is -2.14. The van der Waals surface area contributed by atoms with E-state index in [0.717, 1.165) is 41.3 Å². The Bertz CT molecular complexity index is 1150. The summed E-state index contributed by atoms with van der Waals surface area (Å²) in [6.07, 6.45) is -4.56. The van der Waals surface area contributed by atoms with Gasteiger partial charge in [-0.3, -0.25) is 19.7 Å². The van der Waals surface area contributed by atoms with E-state index in [2.05, 4.69) is 20.8 Å². The van der Waals surface area contributed by atoms with Crippen LogP contribution in [0, 0.1) is 0 Å². The van der Waals surface area contributed by atoms with Crippen molar-refractivity contribution >= 4 is 51.5 Å². The lowest BCUT2D eigenvalue weighted by molar-refractivity contribution is -0.137. The maximum atomic E-state index is 12.8. The van der Waals surface area contributed by atoms with Gasteiger partial charge in [0.05, 0.1) is 11.3 Å². The minimum Gasteiger partial charge on any atom is -0.325 e. The number of aromatic nitrogens is 2. The Balaban J connectivity index is 1.53. The fourth-order valence-corrected chi connectivity index (χ4v) is 3.98. The Morgan fingerprint density at radius 1 is 1.00 bits per heavy atom. The first-order valence-corrected chi connectivity index (χ1v) is 10.8. The Labute approximate surface area is 188 Å². The number of carbonyl (C=O) groups is 3. The van der Waals surface area contributed by atoms with Crippen LogP contribution in [-0.4, -0.2) is 33.5 Å². The lowest BCUT2D eigenvalue weighted by atomic mass is 10.1. The number of Topliss-reactive ketones (excluding diaryl/α,β-unsaturated/α-hetero) is 1. The molecule has 166 valence electrons. The van der Waals surface area contributed by atoms with Gasteiger partial charge in [-0.15, -0.1) is 10.2 Å². The fourth-order valence-electron chi connectivity index (χ4n) is 2.44. The highest BCUT2D eigenvalue weighted by molar-refractivity contribution is 8.01. The first kappa shape index (κ1) is 23.4. The molecule has 0 saturated heterocycles. The maximum Gasteiger partial charge on any atom is 0.416 e. The minimum absolute atomic E-state index is 0.0185. The van der Waals surface area contributed by atoms with Crippen molar-refractivity contribution in [1.82, 2.24) is 10.2 Å². The van der Waals surface area contributed by atoms with Crippen molar-refractivity contribution in [1.29, 1.82) is 0 Å². The van der Waals surface area contributed by atoms with Gasteiger partial charge >= 0.3 is 6.18 Å². The standard InChI is InChI=1S/C20H15F3N4O3S2/c1-11(28)12-5-7-15(8-6-12)24-16(29)10-31-19-27-26-18(32-19)25-17(30)13-3-2-4-14(9-13)20(21,22)23/h2-9H,10H2,1H3,(H,24,29)(H,25,26,30). The average molecular weight is 480 g/mol. The summed E-state index contributed by atoms with van der Waals surface area (Å²) in [5, 5.41) is 12.8. The second-order valence-electron chi connectivity index (χ2n) is 6.38. The van der Waals surface area contributed by atoms with Crippen LogP contribution in [0.2, 0.25) is 0 Å². The Kier molecular flexibility index (Phi) is 7.26. The van der Waals surface area contributed by atoms with Gasteiger partial charge in [0.2, 0.25) is 11.0 Å². The molecule has 0 atom stereocenters. The first-order valence-electron chi connectivity index (χ1n) is 8.97. The number of benzene rings is 2. The van der Waals surface area contributed by atoms with Gasteiger partial charge < -0.3 is 5.32 Å². The predicted molar refractivity (Wildman–Crippen MR) is 115 cm³/mol. The molecular formula is C20H15F3N4O3S2. The van der Waals surface area contributed by atoms with E-state index < -0.39 is 17.6 Å². The summed E-state index contributed by atoms with van der Waals surface area (Å²) in [5.41, 5.74) is -0.0298. The van der Waals surface area contributed by atoms with Gasteiger partial charge in [-0.1, -0.05) is 29.2 Å². The van der Waals surface area contributed by atoms with Gasteiger partial charge in [0.15, 0.2) is 10.1 Å². The van der Waals surface area contributed by atoms with Crippen LogP contribution in [0.15, 0.2) is 52.9 Å². The molecule has 3 aromatic rings. The molecule has 1 heterocycles. The molecule has 7 nitrogen and oxygen atoms in total. The number of ketones is 1. The number of nitrogens with one attached hydrogen (secondary N) is 2. The molecule has 1 aromatic heterocycles. The van der Waals surface area contributed by atoms with E-state index in [0.29, 0.717) is 15.6 Å². The monoisotopic (exact) mass is 480 g/mol. The quantitative estimate of drug-likeness (QED) is 0.288. The molecule has 0 bridgehead atoms. The number of amides is 2. The Morgan fingerprint density at radius 3 is 2.38 bits per heavy atom. The number of alkyl halides is 3. The molecule has 3 rings (SSSR count). The van der Waals surface area contributed by atoms with Crippen molar-refractivity contribution in [3.63, 3.8) is 0 Å². The molecular weight excluding hydrogens is 465 g/mol. The summed E-state index contributed by atoms with van der Waals surface area (Å²) in [7, 11) is 0. The van der Waals surface area contributed by atoms with E-state index in [1.54, 1.807) is 24.3 Å². The van der Waals surface area contributed by atoms with Gasteiger partial charge in [-0.2, -0.15) is 13.2 Å². The number of nitrogens with zero attached hydrogens (tertiary/aromatic N) is 2. The topological polar surface area (TPSA) is 101 Å². The smallest absolute Gasteiger partial charge is 0.325 e. The maximum absolute atomic E-state index is 12.8. The molecule has 2 amide bonds. The predicted octanol–water partition coefficient (Wildman–Crippen LogP) is 4.74. The summed E-state index contributed by atoms with van der Waals surface area (Å²) in [6, 6.07) is 10.5. The second-order valence-corrected chi connectivity index (χ2v) is 8.58. The molecule has 2 N–H and O–H groups in total.